The number of benzene rings is 1. The molecule has 158 valence electrons. The van der Waals surface area contributed by atoms with Crippen molar-refractivity contribution in [1.82, 2.24) is 0 Å². The van der Waals surface area contributed by atoms with Gasteiger partial charge in [0.1, 0.15) is 5.75 Å². The van der Waals surface area contributed by atoms with E-state index >= 15 is 0 Å². The standard InChI is InChI=1S/C22H35NO5/c1-3-4-5-6-7-8-9-10-11-12-13-14-21(22(24)27-2)28-20-17-15-19(16-18-20)23(25)26/h15-18,21H,3-14H2,1-2H3. The van der Waals surface area contributed by atoms with Gasteiger partial charge in [-0.3, -0.25) is 10.1 Å². The first-order valence-corrected chi connectivity index (χ1v) is 10.6. The molecule has 1 atom stereocenters. The second kappa shape index (κ2) is 14.9. The van der Waals surface area contributed by atoms with Gasteiger partial charge in [-0.2, -0.15) is 0 Å². The highest BCUT2D eigenvalue weighted by atomic mass is 16.6. The van der Waals surface area contributed by atoms with Gasteiger partial charge in [0.05, 0.1) is 12.0 Å². The van der Waals surface area contributed by atoms with Crippen LogP contribution < -0.4 is 4.74 Å². The fraction of sp³-hybridized carbons (Fsp3) is 0.682. The second-order valence-electron chi connectivity index (χ2n) is 7.20. The molecule has 0 fully saturated rings. The van der Waals surface area contributed by atoms with Crippen molar-refractivity contribution in [2.45, 2.75) is 90.1 Å². The highest BCUT2D eigenvalue weighted by molar-refractivity contribution is 5.74. The van der Waals surface area contributed by atoms with Crippen LogP contribution >= 0.6 is 0 Å². The third-order valence-electron chi connectivity index (χ3n) is 4.86. The minimum Gasteiger partial charge on any atom is -0.479 e. The molecule has 0 aromatic heterocycles. The van der Waals surface area contributed by atoms with Crippen LogP contribution in [-0.2, 0) is 9.53 Å². The van der Waals surface area contributed by atoms with Gasteiger partial charge >= 0.3 is 5.97 Å². The molecule has 0 saturated carbocycles. The van der Waals surface area contributed by atoms with Crippen molar-refractivity contribution in [2.75, 3.05) is 7.11 Å². The van der Waals surface area contributed by atoms with E-state index in [2.05, 4.69) is 6.92 Å². The average molecular weight is 394 g/mol. The summed E-state index contributed by atoms with van der Waals surface area (Å²) in [7, 11) is 1.34. The van der Waals surface area contributed by atoms with E-state index in [1.165, 1.54) is 89.2 Å². The number of rotatable bonds is 16. The number of hydrogen-bond acceptors (Lipinski definition) is 5. The molecular formula is C22H35NO5. The predicted octanol–water partition coefficient (Wildman–Crippen LogP) is 6.22. The molecule has 0 spiro atoms. The monoisotopic (exact) mass is 393 g/mol. The van der Waals surface area contributed by atoms with Gasteiger partial charge < -0.3 is 9.47 Å². The molecule has 1 rings (SSSR count). The van der Waals surface area contributed by atoms with Crippen molar-refractivity contribution in [1.29, 1.82) is 0 Å². The Hall–Kier alpha value is -2.11. The van der Waals surface area contributed by atoms with Gasteiger partial charge in [-0.1, -0.05) is 71.1 Å². The summed E-state index contributed by atoms with van der Waals surface area (Å²) in [6.45, 7) is 2.24. The summed E-state index contributed by atoms with van der Waals surface area (Å²) in [5.74, 6) is 0.0227. The number of hydrogen-bond donors (Lipinski definition) is 0. The van der Waals surface area contributed by atoms with Crippen LogP contribution in [0.2, 0.25) is 0 Å². The van der Waals surface area contributed by atoms with Gasteiger partial charge in [-0.25, -0.2) is 4.79 Å². The van der Waals surface area contributed by atoms with Crippen LogP contribution in [0.15, 0.2) is 24.3 Å². The van der Waals surface area contributed by atoms with E-state index in [9.17, 15) is 14.9 Å². The number of ether oxygens (including phenoxy) is 2. The van der Waals surface area contributed by atoms with E-state index in [0.717, 1.165) is 12.8 Å². The molecule has 6 nitrogen and oxygen atoms in total. The minimum absolute atomic E-state index is 0.00710. The van der Waals surface area contributed by atoms with E-state index in [0.29, 0.717) is 12.2 Å². The lowest BCUT2D eigenvalue weighted by atomic mass is 10.0. The number of carbonyl (C=O) groups excluding carboxylic acids is 1. The number of methoxy groups -OCH3 is 1. The van der Waals surface area contributed by atoms with Crippen molar-refractivity contribution in [3.05, 3.63) is 34.4 Å². The first-order valence-electron chi connectivity index (χ1n) is 10.6. The van der Waals surface area contributed by atoms with Crippen LogP contribution in [0.25, 0.3) is 0 Å². The highest BCUT2D eigenvalue weighted by Gasteiger charge is 2.21. The van der Waals surface area contributed by atoms with E-state index in [-0.39, 0.29) is 5.69 Å². The fourth-order valence-electron chi connectivity index (χ4n) is 3.16. The third-order valence-corrected chi connectivity index (χ3v) is 4.86. The van der Waals surface area contributed by atoms with Gasteiger partial charge in [0, 0.05) is 12.1 Å². The molecular weight excluding hydrogens is 358 g/mol. The lowest BCUT2D eigenvalue weighted by Gasteiger charge is -2.16. The molecule has 1 unspecified atom stereocenters. The summed E-state index contributed by atoms with van der Waals surface area (Å²) in [6, 6.07) is 5.75. The largest absolute Gasteiger partial charge is 0.479 e. The molecule has 6 heteroatoms. The Morgan fingerprint density at radius 2 is 1.43 bits per heavy atom. The van der Waals surface area contributed by atoms with E-state index in [1.807, 2.05) is 0 Å². The number of unbranched alkanes of at least 4 members (excludes halogenated alkanes) is 10. The van der Waals surface area contributed by atoms with Gasteiger partial charge in [-0.15, -0.1) is 0 Å². The zero-order valence-electron chi connectivity index (χ0n) is 17.4. The summed E-state index contributed by atoms with van der Waals surface area (Å²) in [5.41, 5.74) is -0.00710. The number of nitrogens with zero attached hydrogens (tertiary/aromatic N) is 1. The van der Waals surface area contributed by atoms with E-state index in [1.54, 1.807) is 0 Å². The molecule has 0 aliphatic rings. The number of nitro groups is 1. The Kier molecular flexibility index (Phi) is 12.7. The quantitative estimate of drug-likeness (QED) is 0.144. The molecule has 0 amide bonds. The Morgan fingerprint density at radius 3 is 1.89 bits per heavy atom. The third kappa shape index (κ3) is 10.3. The van der Waals surface area contributed by atoms with Crippen LogP contribution in [0.3, 0.4) is 0 Å². The van der Waals surface area contributed by atoms with Crippen LogP contribution in [0.1, 0.15) is 84.0 Å². The zero-order valence-corrected chi connectivity index (χ0v) is 17.4. The molecule has 0 heterocycles. The normalized spacial score (nSPS) is 11.8. The maximum Gasteiger partial charge on any atom is 0.347 e. The molecule has 1 aromatic rings. The number of carbonyl (C=O) groups is 1. The Labute approximate surface area is 168 Å². The number of esters is 1. The van der Waals surface area contributed by atoms with Crippen molar-refractivity contribution >= 4 is 11.7 Å². The first-order chi connectivity index (χ1) is 13.6. The molecule has 0 aliphatic carbocycles. The zero-order chi connectivity index (χ0) is 20.6. The minimum atomic E-state index is -0.676. The van der Waals surface area contributed by atoms with Gasteiger partial charge in [0.25, 0.3) is 5.69 Å². The smallest absolute Gasteiger partial charge is 0.347 e. The molecule has 0 radical (unpaired) electrons. The van der Waals surface area contributed by atoms with Crippen LogP contribution in [0.5, 0.6) is 5.75 Å². The molecule has 0 aliphatic heterocycles. The SMILES string of the molecule is CCCCCCCCCCCCCC(Oc1ccc([N+](=O)[O-])cc1)C(=O)OC. The van der Waals surface area contributed by atoms with E-state index in [4.69, 9.17) is 9.47 Å². The van der Waals surface area contributed by atoms with E-state index < -0.39 is 17.0 Å². The van der Waals surface area contributed by atoms with Gasteiger partial charge in [0.15, 0.2) is 6.10 Å². The molecule has 0 N–H and O–H groups in total. The number of nitro benzene ring substituents is 1. The molecule has 0 saturated heterocycles. The van der Waals surface area contributed by atoms with Crippen molar-refractivity contribution in [3.63, 3.8) is 0 Å². The predicted molar refractivity (Wildman–Crippen MR) is 111 cm³/mol. The van der Waals surface area contributed by atoms with Crippen LogP contribution in [0, 0.1) is 10.1 Å². The van der Waals surface area contributed by atoms with Gasteiger partial charge in [0.2, 0.25) is 0 Å². The van der Waals surface area contributed by atoms with Crippen molar-refractivity contribution < 1.29 is 19.2 Å². The maximum absolute atomic E-state index is 11.9. The maximum atomic E-state index is 11.9. The molecule has 1 aromatic carbocycles. The highest BCUT2D eigenvalue weighted by Crippen LogP contribution is 2.21. The number of non-ortho nitro benzene ring substituents is 1. The van der Waals surface area contributed by atoms with Crippen molar-refractivity contribution in [2.24, 2.45) is 0 Å². The van der Waals surface area contributed by atoms with Crippen LogP contribution in [0.4, 0.5) is 5.69 Å². The van der Waals surface area contributed by atoms with Gasteiger partial charge in [-0.05, 0) is 25.0 Å². The first kappa shape index (κ1) is 23.9. The summed E-state index contributed by atoms with van der Waals surface area (Å²) < 4.78 is 10.5. The molecule has 28 heavy (non-hydrogen) atoms. The average Bonchev–Trinajstić information content (AvgIpc) is 2.70. The lowest BCUT2D eigenvalue weighted by molar-refractivity contribution is -0.384. The van der Waals surface area contributed by atoms with Crippen molar-refractivity contribution in [3.8, 4) is 5.75 Å². The Balaban J connectivity index is 2.23. The Bertz CT molecular complexity index is 559. The summed E-state index contributed by atoms with van der Waals surface area (Å²) in [5, 5.41) is 10.7. The second-order valence-corrected chi connectivity index (χ2v) is 7.20. The Morgan fingerprint density at radius 1 is 0.929 bits per heavy atom. The lowest BCUT2D eigenvalue weighted by Crippen LogP contribution is -2.28. The molecule has 0 bridgehead atoms. The summed E-state index contributed by atoms with van der Waals surface area (Å²) in [6.07, 6.45) is 13.6. The van der Waals surface area contributed by atoms with Crippen LogP contribution in [-0.4, -0.2) is 24.1 Å². The fourth-order valence-corrected chi connectivity index (χ4v) is 3.16. The topological polar surface area (TPSA) is 78.7 Å². The summed E-state index contributed by atoms with van der Waals surface area (Å²) in [4.78, 5) is 22.2. The summed E-state index contributed by atoms with van der Waals surface area (Å²) >= 11 is 0.